The van der Waals surface area contributed by atoms with Crippen LogP contribution in [0.25, 0.3) is 0 Å². The standard InChI is InChI=1S/C8H7ClFNO5S/c1-2-16-7-3-5(10)6(11(12)13)4-8(7)17(9,14)15/h3-4H,2H2,1H3. The van der Waals surface area contributed by atoms with Crippen LogP contribution >= 0.6 is 10.7 Å². The Labute approximate surface area is 101 Å². The van der Waals surface area contributed by atoms with Gasteiger partial charge in [0.15, 0.2) is 0 Å². The molecule has 0 atom stereocenters. The molecule has 0 amide bonds. The highest BCUT2D eigenvalue weighted by Crippen LogP contribution is 2.33. The average Bonchev–Trinajstić information content (AvgIpc) is 2.15. The van der Waals surface area contributed by atoms with Crippen molar-refractivity contribution in [2.45, 2.75) is 11.8 Å². The molecule has 0 aliphatic carbocycles. The predicted molar refractivity (Wildman–Crippen MR) is 57.3 cm³/mol. The van der Waals surface area contributed by atoms with Crippen LogP contribution in [0.15, 0.2) is 17.0 Å². The first-order valence-corrected chi connectivity index (χ1v) is 6.63. The minimum absolute atomic E-state index is 0.0661. The molecular formula is C8H7ClFNO5S. The zero-order valence-corrected chi connectivity index (χ0v) is 10.1. The third kappa shape index (κ3) is 3.04. The zero-order chi connectivity index (χ0) is 13.2. The lowest BCUT2D eigenvalue weighted by atomic mass is 10.3. The summed E-state index contributed by atoms with van der Waals surface area (Å²) in [5.41, 5.74) is -0.979. The van der Waals surface area contributed by atoms with Gasteiger partial charge in [0.2, 0.25) is 5.82 Å². The Hall–Kier alpha value is -1.41. The van der Waals surface area contributed by atoms with Crippen molar-refractivity contribution < 1.29 is 22.5 Å². The molecule has 0 aliphatic rings. The highest BCUT2D eigenvalue weighted by atomic mass is 35.7. The molecule has 17 heavy (non-hydrogen) atoms. The SMILES string of the molecule is CCOc1cc(F)c([N+](=O)[O-])cc1S(=O)(=O)Cl. The van der Waals surface area contributed by atoms with Gasteiger partial charge in [-0.15, -0.1) is 0 Å². The molecule has 1 aromatic rings. The van der Waals surface area contributed by atoms with Crippen LogP contribution in [0.4, 0.5) is 10.1 Å². The lowest BCUT2D eigenvalue weighted by Crippen LogP contribution is -2.03. The van der Waals surface area contributed by atoms with E-state index in [1.807, 2.05) is 0 Å². The summed E-state index contributed by atoms with van der Waals surface area (Å²) in [5.74, 6) is -1.55. The molecule has 1 aromatic carbocycles. The molecule has 0 heterocycles. The Kier molecular flexibility index (Phi) is 3.89. The van der Waals surface area contributed by atoms with Crippen LogP contribution in [-0.4, -0.2) is 19.9 Å². The van der Waals surface area contributed by atoms with E-state index in [0.717, 1.165) is 0 Å². The summed E-state index contributed by atoms with van der Waals surface area (Å²) in [6.07, 6.45) is 0. The Morgan fingerprint density at radius 2 is 2.12 bits per heavy atom. The van der Waals surface area contributed by atoms with Crippen molar-refractivity contribution in [2.75, 3.05) is 6.61 Å². The van der Waals surface area contributed by atoms with E-state index in [2.05, 4.69) is 0 Å². The Balaban J connectivity index is 3.53. The topological polar surface area (TPSA) is 86.5 Å². The lowest BCUT2D eigenvalue weighted by molar-refractivity contribution is -0.387. The Morgan fingerprint density at radius 3 is 2.53 bits per heavy atom. The van der Waals surface area contributed by atoms with Crippen LogP contribution in [-0.2, 0) is 9.05 Å². The van der Waals surface area contributed by atoms with Gasteiger partial charge in [-0.25, -0.2) is 8.42 Å². The van der Waals surface area contributed by atoms with Crippen molar-refractivity contribution in [1.29, 1.82) is 0 Å². The van der Waals surface area contributed by atoms with Gasteiger partial charge in [-0.1, -0.05) is 0 Å². The van der Waals surface area contributed by atoms with Gasteiger partial charge in [0.05, 0.1) is 11.5 Å². The molecule has 1 rings (SSSR count). The third-order valence-corrected chi connectivity index (χ3v) is 3.12. The van der Waals surface area contributed by atoms with Crippen LogP contribution in [0.3, 0.4) is 0 Å². The van der Waals surface area contributed by atoms with Gasteiger partial charge >= 0.3 is 5.69 Å². The molecule has 0 saturated heterocycles. The normalized spacial score (nSPS) is 11.2. The summed E-state index contributed by atoms with van der Waals surface area (Å²) >= 11 is 0. The molecule has 9 heteroatoms. The molecule has 0 aliphatic heterocycles. The largest absolute Gasteiger partial charge is 0.492 e. The number of rotatable bonds is 4. The van der Waals surface area contributed by atoms with Crippen LogP contribution in [0.1, 0.15) is 6.92 Å². The molecule has 0 aromatic heterocycles. The van der Waals surface area contributed by atoms with E-state index in [4.69, 9.17) is 15.4 Å². The van der Waals surface area contributed by atoms with Crippen LogP contribution in [0, 0.1) is 15.9 Å². The van der Waals surface area contributed by atoms with Crippen LogP contribution in [0.2, 0.25) is 0 Å². The Morgan fingerprint density at radius 1 is 1.53 bits per heavy atom. The summed E-state index contributed by atoms with van der Waals surface area (Å²) in [7, 11) is 0.823. The molecule has 0 bridgehead atoms. The van der Waals surface area contributed by atoms with Crippen LogP contribution in [0.5, 0.6) is 5.75 Å². The van der Waals surface area contributed by atoms with Crippen molar-refractivity contribution in [2.24, 2.45) is 0 Å². The molecular weight excluding hydrogens is 277 g/mol. The van der Waals surface area contributed by atoms with Crippen molar-refractivity contribution in [3.8, 4) is 5.75 Å². The number of halogens is 2. The predicted octanol–water partition coefficient (Wildman–Crippen LogP) is 2.06. The van der Waals surface area contributed by atoms with E-state index in [0.29, 0.717) is 12.1 Å². The van der Waals surface area contributed by atoms with E-state index >= 15 is 0 Å². The number of nitro benzene ring substituents is 1. The minimum Gasteiger partial charge on any atom is -0.492 e. The summed E-state index contributed by atoms with van der Waals surface area (Å²) in [6, 6.07) is 1.15. The second kappa shape index (κ2) is 4.84. The summed E-state index contributed by atoms with van der Waals surface area (Å²) in [6.45, 7) is 1.61. The number of nitrogens with zero attached hydrogens (tertiary/aromatic N) is 1. The maximum absolute atomic E-state index is 13.2. The molecule has 94 valence electrons. The van der Waals surface area contributed by atoms with Gasteiger partial charge in [-0.2, -0.15) is 4.39 Å². The third-order valence-electron chi connectivity index (χ3n) is 1.77. The number of hydrogen-bond acceptors (Lipinski definition) is 5. The molecule has 0 unspecified atom stereocenters. The van der Waals surface area contributed by atoms with E-state index < -0.39 is 30.4 Å². The van der Waals surface area contributed by atoms with Crippen molar-refractivity contribution in [3.05, 3.63) is 28.1 Å². The fraction of sp³-hybridized carbons (Fsp3) is 0.250. The Bertz CT molecular complexity index is 559. The maximum Gasteiger partial charge on any atom is 0.306 e. The second-order valence-corrected chi connectivity index (χ2v) is 5.41. The average molecular weight is 284 g/mol. The first-order chi connectivity index (χ1) is 7.77. The first kappa shape index (κ1) is 13.7. The van der Waals surface area contributed by atoms with Crippen molar-refractivity contribution in [3.63, 3.8) is 0 Å². The summed E-state index contributed by atoms with van der Waals surface area (Å²) in [4.78, 5) is 8.78. The van der Waals surface area contributed by atoms with Crippen molar-refractivity contribution in [1.82, 2.24) is 0 Å². The monoisotopic (exact) mass is 283 g/mol. The minimum atomic E-state index is -4.25. The summed E-state index contributed by atoms with van der Waals surface area (Å²) < 4.78 is 40.4. The second-order valence-electron chi connectivity index (χ2n) is 2.88. The molecule has 0 spiro atoms. The smallest absolute Gasteiger partial charge is 0.306 e. The molecule has 0 radical (unpaired) electrons. The van der Waals surface area contributed by atoms with Gasteiger partial charge in [-0.3, -0.25) is 10.1 Å². The highest BCUT2D eigenvalue weighted by molar-refractivity contribution is 8.13. The summed E-state index contributed by atoms with van der Waals surface area (Å²) in [5, 5.41) is 10.5. The van der Waals surface area contributed by atoms with Gasteiger partial charge in [0.1, 0.15) is 10.6 Å². The van der Waals surface area contributed by atoms with E-state index in [-0.39, 0.29) is 12.4 Å². The first-order valence-electron chi connectivity index (χ1n) is 4.32. The molecule has 0 N–H and O–H groups in total. The highest BCUT2D eigenvalue weighted by Gasteiger charge is 2.25. The molecule has 6 nitrogen and oxygen atoms in total. The van der Waals surface area contributed by atoms with Gasteiger partial charge in [0.25, 0.3) is 9.05 Å². The van der Waals surface area contributed by atoms with Crippen LogP contribution < -0.4 is 4.74 Å². The quantitative estimate of drug-likeness (QED) is 0.479. The van der Waals surface area contributed by atoms with Gasteiger partial charge in [-0.05, 0) is 6.92 Å². The number of ether oxygens (including phenoxy) is 1. The fourth-order valence-electron chi connectivity index (χ4n) is 1.12. The van der Waals surface area contributed by atoms with E-state index in [1.54, 1.807) is 6.92 Å². The van der Waals surface area contributed by atoms with Gasteiger partial charge in [0, 0.05) is 22.8 Å². The van der Waals surface area contributed by atoms with Crippen molar-refractivity contribution >= 4 is 25.4 Å². The molecule has 0 fully saturated rings. The maximum atomic E-state index is 13.2. The van der Waals surface area contributed by atoms with E-state index in [1.165, 1.54) is 0 Å². The lowest BCUT2D eigenvalue weighted by Gasteiger charge is -2.07. The molecule has 0 saturated carbocycles. The number of benzene rings is 1. The van der Waals surface area contributed by atoms with E-state index in [9.17, 15) is 22.9 Å². The number of hydrogen-bond donors (Lipinski definition) is 0. The van der Waals surface area contributed by atoms with Gasteiger partial charge < -0.3 is 4.74 Å². The fourth-order valence-corrected chi connectivity index (χ4v) is 2.10. The zero-order valence-electron chi connectivity index (χ0n) is 8.51. The number of nitro groups is 1.